The largest absolute Gasteiger partial charge is 0.508 e. The molecule has 5 nitrogen and oxygen atoms in total. The fraction of sp³-hybridized carbons (Fsp3) is 0.333. The van der Waals surface area contributed by atoms with Crippen molar-refractivity contribution < 1.29 is 14.7 Å². The van der Waals surface area contributed by atoms with Crippen LogP contribution in [-0.4, -0.2) is 42.0 Å². The van der Waals surface area contributed by atoms with E-state index in [9.17, 15) is 14.7 Å². The summed E-state index contributed by atoms with van der Waals surface area (Å²) >= 11 is 0. The number of fused-ring (bicyclic) bond motifs is 2. The summed E-state index contributed by atoms with van der Waals surface area (Å²) in [7, 11) is 1.83. The second kappa shape index (κ2) is 6.16. The molecule has 2 amide bonds. The highest BCUT2D eigenvalue weighted by atomic mass is 16.3. The number of para-hydroxylation sites is 1. The number of likely N-dealkylation sites (tertiary alicyclic amines) is 1. The van der Waals surface area contributed by atoms with Crippen molar-refractivity contribution in [3.05, 3.63) is 59.7 Å². The molecule has 2 aromatic carbocycles. The molecule has 0 bridgehead atoms. The van der Waals surface area contributed by atoms with Gasteiger partial charge in [0.2, 0.25) is 11.8 Å². The molecular weight excluding hydrogens is 328 g/mol. The molecule has 2 aromatic rings. The predicted molar refractivity (Wildman–Crippen MR) is 99.2 cm³/mol. The number of likely N-dealkylation sites (N-methyl/N-ethyl adjacent to an activating group) is 1. The van der Waals surface area contributed by atoms with Crippen LogP contribution >= 0.6 is 0 Å². The molecule has 4 rings (SSSR count). The van der Waals surface area contributed by atoms with Crippen LogP contribution < -0.4 is 4.90 Å². The molecule has 2 heterocycles. The third-order valence-electron chi connectivity index (χ3n) is 5.73. The van der Waals surface area contributed by atoms with Gasteiger partial charge < -0.3 is 14.9 Å². The van der Waals surface area contributed by atoms with Crippen molar-refractivity contribution in [1.29, 1.82) is 0 Å². The molecule has 26 heavy (non-hydrogen) atoms. The molecule has 2 aliphatic heterocycles. The van der Waals surface area contributed by atoms with Crippen LogP contribution in [0.3, 0.4) is 0 Å². The molecule has 0 radical (unpaired) electrons. The summed E-state index contributed by atoms with van der Waals surface area (Å²) in [6, 6.07) is 14.8. The van der Waals surface area contributed by atoms with E-state index in [-0.39, 0.29) is 24.0 Å². The molecule has 1 spiro atoms. The molecule has 1 saturated heterocycles. The van der Waals surface area contributed by atoms with E-state index in [1.54, 1.807) is 23.1 Å². The summed E-state index contributed by atoms with van der Waals surface area (Å²) in [5, 5.41) is 9.56. The number of phenols is 1. The Labute approximate surface area is 152 Å². The van der Waals surface area contributed by atoms with E-state index in [0.717, 1.165) is 16.8 Å². The Kier molecular flexibility index (Phi) is 3.94. The molecule has 0 atom stereocenters. The Morgan fingerprint density at radius 2 is 1.85 bits per heavy atom. The second-order valence-electron chi connectivity index (χ2n) is 7.19. The van der Waals surface area contributed by atoms with Crippen molar-refractivity contribution in [3.8, 4) is 5.75 Å². The quantitative estimate of drug-likeness (QED) is 0.905. The van der Waals surface area contributed by atoms with E-state index in [1.165, 1.54) is 0 Å². The van der Waals surface area contributed by atoms with E-state index in [2.05, 4.69) is 0 Å². The first-order chi connectivity index (χ1) is 12.5. The lowest BCUT2D eigenvalue weighted by atomic mass is 9.73. The van der Waals surface area contributed by atoms with Crippen molar-refractivity contribution in [2.24, 2.45) is 0 Å². The second-order valence-corrected chi connectivity index (χ2v) is 7.19. The van der Waals surface area contributed by atoms with Gasteiger partial charge in [-0.15, -0.1) is 0 Å². The van der Waals surface area contributed by atoms with Gasteiger partial charge in [-0.2, -0.15) is 0 Å². The summed E-state index contributed by atoms with van der Waals surface area (Å²) in [6.45, 7) is 1.15. The average Bonchev–Trinajstić information content (AvgIpc) is 2.85. The number of hydrogen-bond acceptors (Lipinski definition) is 3. The zero-order valence-electron chi connectivity index (χ0n) is 14.8. The third kappa shape index (κ3) is 2.55. The van der Waals surface area contributed by atoms with Crippen LogP contribution in [0.4, 0.5) is 5.69 Å². The summed E-state index contributed by atoms with van der Waals surface area (Å²) in [5.74, 6) is 0.348. The highest BCUT2D eigenvalue weighted by Gasteiger charge is 2.51. The number of piperidine rings is 1. The summed E-state index contributed by atoms with van der Waals surface area (Å²) in [5.41, 5.74) is 2.38. The molecule has 2 aliphatic rings. The van der Waals surface area contributed by atoms with Crippen LogP contribution in [0, 0.1) is 0 Å². The van der Waals surface area contributed by atoms with Gasteiger partial charge >= 0.3 is 0 Å². The molecule has 1 N–H and O–H groups in total. The van der Waals surface area contributed by atoms with Gasteiger partial charge in [-0.05, 0) is 42.2 Å². The number of aromatic hydroxyl groups is 1. The van der Waals surface area contributed by atoms with Crippen molar-refractivity contribution in [2.45, 2.75) is 24.7 Å². The first-order valence-corrected chi connectivity index (χ1v) is 8.95. The zero-order chi connectivity index (χ0) is 18.3. The van der Waals surface area contributed by atoms with E-state index >= 15 is 0 Å². The Morgan fingerprint density at radius 1 is 1.12 bits per heavy atom. The molecular formula is C21H22N2O3. The number of carbonyl (C=O) groups excluding carboxylic acids is 2. The highest BCUT2D eigenvalue weighted by Crippen LogP contribution is 2.47. The Hall–Kier alpha value is -2.82. The third-order valence-corrected chi connectivity index (χ3v) is 5.73. The smallest absolute Gasteiger partial charge is 0.237 e. The van der Waals surface area contributed by atoms with Crippen LogP contribution in [0.5, 0.6) is 5.75 Å². The van der Waals surface area contributed by atoms with Gasteiger partial charge in [-0.3, -0.25) is 9.59 Å². The van der Waals surface area contributed by atoms with E-state index < -0.39 is 5.41 Å². The average molecular weight is 350 g/mol. The zero-order valence-corrected chi connectivity index (χ0v) is 14.8. The maximum absolute atomic E-state index is 12.9. The van der Waals surface area contributed by atoms with Crippen LogP contribution in [0.2, 0.25) is 0 Å². The number of benzene rings is 2. The fourth-order valence-electron chi connectivity index (χ4n) is 4.29. The molecule has 0 aromatic heterocycles. The van der Waals surface area contributed by atoms with Crippen molar-refractivity contribution >= 4 is 17.5 Å². The highest BCUT2D eigenvalue weighted by molar-refractivity contribution is 6.07. The van der Waals surface area contributed by atoms with Gasteiger partial charge in [0.15, 0.2) is 0 Å². The van der Waals surface area contributed by atoms with Crippen molar-refractivity contribution in [2.75, 3.05) is 25.0 Å². The van der Waals surface area contributed by atoms with E-state index in [4.69, 9.17) is 0 Å². The monoisotopic (exact) mass is 350 g/mol. The number of carbonyl (C=O) groups is 2. The lowest BCUT2D eigenvalue weighted by molar-refractivity contribution is -0.135. The summed E-state index contributed by atoms with van der Waals surface area (Å²) in [4.78, 5) is 29.1. The molecule has 0 saturated carbocycles. The predicted octanol–water partition coefficient (Wildman–Crippen LogP) is 2.47. The number of nitrogens with zero attached hydrogens (tertiary/aromatic N) is 2. The number of rotatable bonds is 2. The lowest BCUT2D eigenvalue weighted by Gasteiger charge is -2.38. The Morgan fingerprint density at radius 3 is 2.58 bits per heavy atom. The number of phenolic OH excluding ortho intramolecular Hbond substituents is 1. The molecule has 1 fully saturated rings. The van der Waals surface area contributed by atoms with Crippen molar-refractivity contribution in [3.63, 3.8) is 0 Å². The van der Waals surface area contributed by atoms with Crippen molar-refractivity contribution in [1.82, 2.24) is 4.90 Å². The Bertz CT molecular complexity index is 869. The minimum absolute atomic E-state index is 0.0394. The van der Waals surface area contributed by atoms with Crippen LogP contribution in [0.15, 0.2) is 48.5 Å². The maximum Gasteiger partial charge on any atom is 0.237 e. The lowest BCUT2D eigenvalue weighted by Crippen LogP contribution is -2.49. The molecule has 0 aliphatic carbocycles. The van der Waals surface area contributed by atoms with Gasteiger partial charge in [0.25, 0.3) is 0 Å². The number of amides is 2. The fourth-order valence-corrected chi connectivity index (χ4v) is 4.29. The summed E-state index contributed by atoms with van der Waals surface area (Å²) < 4.78 is 0. The SMILES string of the molecule is CN1C(=O)C2(CCN(C(=O)Cc3cccc(O)c3)CC2)c2ccccc21. The standard InChI is InChI=1S/C21H22N2O3/c1-22-18-8-3-2-7-17(18)21(20(22)26)9-11-23(12-10-21)19(25)14-15-5-4-6-16(24)13-15/h2-8,13,24H,9-12,14H2,1H3. The molecule has 5 heteroatoms. The van der Waals surface area contributed by atoms with Gasteiger partial charge in [0.1, 0.15) is 5.75 Å². The van der Waals surface area contributed by atoms with Crippen LogP contribution in [0.25, 0.3) is 0 Å². The van der Waals surface area contributed by atoms with E-state index in [0.29, 0.717) is 25.9 Å². The van der Waals surface area contributed by atoms with Crippen LogP contribution in [0.1, 0.15) is 24.0 Å². The van der Waals surface area contributed by atoms with Gasteiger partial charge in [0.05, 0.1) is 11.8 Å². The van der Waals surface area contributed by atoms with Gasteiger partial charge in [0, 0.05) is 25.8 Å². The number of hydrogen-bond donors (Lipinski definition) is 1. The van der Waals surface area contributed by atoms with E-state index in [1.807, 2.05) is 42.3 Å². The topological polar surface area (TPSA) is 60.9 Å². The first kappa shape index (κ1) is 16.6. The maximum atomic E-state index is 12.9. The number of anilines is 1. The summed E-state index contributed by atoms with van der Waals surface area (Å²) in [6.07, 6.45) is 1.57. The first-order valence-electron chi connectivity index (χ1n) is 8.95. The van der Waals surface area contributed by atoms with Gasteiger partial charge in [-0.1, -0.05) is 30.3 Å². The van der Waals surface area contributed by atoms with Crippen LogP contribution in [-0.2, 0) is 21.4 Å². The molecule has 0 unspecified atom stereocenters. The normalized spacial score (nSPS) is 18.3. The Balaban J connectivity index is 1.49. The minimum Gasteiger partial charge on any atom is -0.508 e. The minimum atomic E-state index is -0.493. The molecule has 134 valence electrons. The van der Waals surface area contributed by atoms with Gasteiger partial charge in [-0.25, -0.2) is 0 Å².